The van der Waals surface area contributed by atoms with Crippen molar-refractivity contribution in [3.05, 3.63) is 29.3 Å². The highest BCUT2D eigenvalue weighted by molar-refractivity contribution is 5.72. The van der Waals surface area contributed by atoms with Crippen LogP contribution in [0.1, 0.15) is 18.1 Å². The van der Waals surface area contributed by atoms with E-state index in [9.17, 15) is 18.0 Å². The van der Waals surface area contributed by atoms with Crippen LogP contribution in [0.25, 0.3) is 0 Å². The fourth-order valence-corrected chi connectivity index (χ4v) is 1.59. The van der Waals surface area contributed by atoms with Gasteiger partial charge in [0.15, 0.2) is 0 Å². The number of halogens is 3. The van der Waals surface area contributed by atoms with Gasteiger partial charge in [0.1, 0.15) is 0 Å². The maximum absolute atomic E-state index is 12.7. The molecule has 0 saturated heterocycles. The first-order valence-corrected chi connectivity index (χ1v) is 5.75. The maximum Gasteiger partial charge on any atom is 0.416 e. The average Bonchev–Trinajstić information content (AvgIpc) is 2.35. The number of aryl methyl sites for hydroxylation is 1. The van der Waals surface area contributed by atoms with Gasteiger partial charge in [0.05, 0.1) is 18.6 Å². The van der Waals surface area contributed by atoms with Gasteiger partial charge in [0, 0.05) is 12.2 Å². The standard InChI is InChI=1S/C13H16F3NO2/c1-8-4-5-10(6-11(8)13(14,15)16)17-7-9(2)12(18)19-3/h4-6,9,17H,7H2,1-3H3. The first-order chi connectivity index (χ1) is 8.75. The van der Waals surface area contributed by atoms with E-state index in [1.807, 2.05) is 0 Å². The van der Waals surface area contributed by atoms with E-state index in [4.69, 9.17) is 0 Å². The molecule has 6 heteroatoms. The second kappa shape index (κ2) is 5.95. The van der Waals surface area contributed by atoms with E-state index in [-0.39, 0.29) is 12.1 Å². The summed E-state index contributed by atoms with van der Waals surface area (Å²) in [7, 11) is 1.27. The molecule has 0 bridgehead atoms. The Labute approximate surface area is 109 Å². The molecule has 1 aromatic carbocycles. The summed E-state index contributed by atoms with van der Waals surface area (Å²) < 4.78 is 42.7. The molecule has 0 aliphatic heterocycles. The van der Waals surface area contributed by atoms with E-state index in [1.54, 1.807) is 13.0 Å². The highest BCUT2D eigenvalue weighted by Gasteiger charge is 2.32. The van der Waals surface area contributed by atoms with Crippen molar-refractivity contribution in [2.75, 3.05) is 19.0 Å². The second-order valence-electron chi connectivity index (χ2n) is 4.33. The van der Waals surface area contributed by atoms with Crippen molar-refractivity contribution in [2.24, 2.45) is 5.92 Å². The van der Waals surface area contributed by atoms with Crippen LogP contribution in [-0.2, 0) is 15.7 Å². The van der Waals surface area contributed by atoms with Crippen molar-refractivity contribution in [3.8, 4) is 0 Å². The molecule has 0 heterocycles. The summed E-state index contributed by atoms with van der Waals surface area (Å²) >= 11 is 0. The molecule has 0 aromatic heterocycles. The summed E-state index contributed by atoms with van der Waals surface area (Å²) in [5, 5.41) is 2.80. The van der Waals surface area contributed by atoms with Crippen LogP contribution in [0.5, 0.6) is 0 Å². The molecule has 106 valence electrons. The number of hydrogen-bond acceptors (Lipinski definition) is 3. The number of carbonyl (C=O) groups excluding carboxylic acids is 1. The Morgan fingerprint density at radius 3 is 2.58 bits per heavy atom. The summed E-state index contributed by atoms with van der Waals surface area (Å²) in [6.45, 7) is 3.26. The highest BCUT2D eigenvalue weighted by atomic mass is 19.4. The van der Waals surface area contributed by atoms with Crippen molar-refractivity contribution >= 4 is 11.7 Å². The SMILES string of the molecule is COC(=O)C(C)CNc1ccc(C)c(C(F)(F)F)c1. The van der Waals surface area contributed by atoms with Gasteiger partial charge >= 0.3 is 12.1 Å². The van der Waals surface area contributed by atoms with Gasteiger partial charge in [-0.25, -0.2) is 0 Å². The predicted molar refractivity (Wildman–Crippen MR) is 65.9 cm³/mol. The molecule has 0 fully saturated rings. The third-order valence-corrected chi connectivity index (χ3v) is 2.76. The van der Waals surface area contributed by atoms with Crippen LogP contribution >= 0.6 is 0 Å². The first-order valence-electron chi connectivity index (χ1n) is 5.75. The number of alkyl halides is 3. The zero-order chi connectivity index (χ0) is 14.6. The number of ether oxygens (including phenoxy) is 1. The summed E-state index contributed by atoms with van der Waals surface area (Å²) in [5.41, 5.74) is -0.184. The number of nitrogens with one attached hydrogen (secondary N) is 1. The molecule has 3 nitrogen and oxygen atoms in total. The monoisotopic (exact) mass is 275 g/mol. The number of methoxy groups -OCH3 is 1. The largest absolute Gasteiger partial charge is 0.469 e. The topological polar surface area (TPSA) is 38.3 Å². The van der Waals surface area contributed by atoms with E-state index < -0.39 is 23.6 Å². The Morgan fingerprint density at radius 1 is 1.42 bits per heavy atom. The van der Waals surface area contributed by atoms with Gasteiger partial charge in [-0.15, -0.1) is 0 Å². The lowest BCUT2D eigenvalue weighted by molar-refractivity contribution is -0.144. The van der Waals surface area contributed by atoms with Crippen molar-refractivity contribution in [3.63, 3.8) is 0 Å². The Morgan fingerprint density at radius 2 is 2.05 bits per heavy atom. The number of anilines is 1. The van der Waals surface area contributed by atoms with Crippen molar-refractivity contribution in [1.82, 2.24) is 0 Å². The summed E-state index contributed by atoms with van der Waals surface area (Å²) in [6, 6.07) is 3.99. The van der Waals surface area contributed by atoms with E-state index in [1.165, 1.54) is 20.1 Å². The van der Waals surface area contributed by atoms with E-state index in [2.05, 4.69) is 10.1 Å². The maximum atomic E-state index is 12.7. The van der Waals surface area contributed by atoms with E-state index in [0.29, 0.717) is 5.69 Å². The summed E-state index contributed by atoms with van der Waals surface area (Å²) in [6.07, 6.45) is -4.38. The third-order valence-electron chi connectivity index (χ3n) is 2.76. The zero-order valence-corrected chi connectivity index (χ0v) is 11.0. The van der Waals surface area contributed by atoms with Gasteiger partial charge < -0.3 is 10.1 Å². The van der Waals surface area contributed by atoms with Crippen LogP contribution in [0.3, 0.4) is 0 Å². The minimum absolute atomic E-state index is 0.166. The molecule has 1 atom stereocenters. The minimum Gasteiger partial charge on any atom is -0.469 e. The van der Waals surface area contributed by atoms with Crippen LogP contribution in [-0.4, -0.2) is 19.6 Å². The lowest BCUT2D eigenvalue weighted by Gasteiger charge is -2.15. The van der Waals surface area contributed by atoms with Crippen LogP contribution < -0.4 is 5.32 Å². The molecule has 1 N–H and O–H groups in total. The van der Waals surface area contributed by atoms with Crippen LogP contribution in [0, 0.1) is 12.8 Å². The van der Waals surface area contributed by atoms with Gasteiger partial charge in [-0.2, -0.15) is 13.2 Å². The van der Waals surface area contributed by atoms with Crippen molar-refractivity contribution < 1.29 is 22.7 Å². The fourth-order valence-electron chi connectivity index (χ4n) is 1.59. The second-order valence-corrected chi connectivity index (χ2v) is 4.33. The number of hydrogen-bond donors (Lipinski definition) is 1. The van der Waals surface area contributed by atoms with Crippen LogP contribution in [0.4, 0.5) is 18.9 Å². The number of rotatable bonds is 4. The molecular weight excluding hydrogens is 259 g/mol. The average molecular weight is 275 g/mol. The Hall–Kier alpha value is -1.72. The molecule has 0 amide bonds. The Kier molecular flexibility index (Phi) is 4.80. The fraction of sp³-hybridized carbons (Fsp3) is 0.462. The minimum atomic E-state index is -4.38. The zero-order valence-electron chi connectivity index (χ0n) is 11.0. The van der Waals surface area contributed by atoms with Crippen molar-refractivity contribution in [1.29, 1.82) is 0 Å². The molecule has 0 aliphatic rings. The number of benzene rings is 1. The molecule has 0 spiro atoms. The van der Waals surface area contributed by atoms with Crippen LogP contribution in [0.15, 0.2) is 18.2 Å². The molecule has 1 unspecified atom stereocenters. The summed E-state index contributed by atoms with van der Waals surface area (Å²) in [5.74, 6) is -0.837. The molecule has 0 aliphatic carbocycles. The third kappa shape index (κ3) is 4.15. The van der Waals surface area contributed by atoms with E-state index in [0.717, 1.165) is 6.07 Å². The molecular formula is C13H16F3NO2. The van der Waals surface area contributed by atoms with E-state index >= 15 is 0 Å². The molecule has 1 rings (SSSR count). The molecule has 0 saturated carbocycles. The van der Waals surface area contributed by atoms with Gasteiger partial charge in [-0.05, 0) is 24.6 Å². The summed E-state index contributed by atoms with van der Waals surface area (Å²) in [4.78, 5) is 11.2. The normalized spacial score (nSPS) is 12.9. The smallest absolute Gasteiger partial charge is 0.416 e. The lowest BCUT2D eigenvalue weighted by atomic mass is 10.1. The van der Waals surface area contributed by atoms with Gasteiger partial charge in [0.25, 0.3) is 0 Å². The predicted octanol–water partition coefficient (Wildman–Crippen LogP) is 3.23. The Bertz CT molecular complexity index is 458. The molecule has 1 aromatic rings. The lowest BCUT2D eigenvalue weighted by Crippen LogP contribution is -2.21. The highest BCUT2D eigenvalue weighted by Crippen LogP contribution is 2.33. The first kappa shape index (κ1) is 15.3. The van der Waals surface area contributed by atoms with Crippen LogP contribution in [0.2, 0.25) is 0 Å². The van der Waals surface area contributed by atoms with Gasteiger partial charge in [-0.1, -0.05) is 13.0 Å². The molecule has 19 heavy (non-hydrogen) atoms. The van der Waals surface area contributed by atoms with Gasteiger partial charge in [-0.3, -0.25) is 4.79 Å². The quantitative estimate of drug-likeness (QED) is 0.857. The Balaban J connectivity index is 2.78. The number of esters is 1. The van der Waals surface area contributed by atoms with Crippen molar-refractivity contribution in [2.45, 2.75) is 20.0 Å². The van der Waals surface area contributed by atoms with Gasteiger partial charge in [0.2, 0.25) is 0 Å². The molecule has 0 radical (unpaired) electrons. The number of carbonyl (C=O) groups is 1.